The van der Waals surface area contributed by atoms with E-state index < -0.39 is 0 Å². The molecule has 4 heteroatoms. The van der Waals surface area contributed by atoms with Gasteiger partial charge in [0.05, 0.1) is 12.6 Å². The second-order valence-corrected chi connectivity index (χ2v) is 7.58. The second-order valence-electron chi connectivity index (χ2n) is 7.58. The van der Waals surface area contributed by atoms with Crippen molar-refractivity contribution in [1.29, 1.82) is 0 Å². The molecule has 4 rings (SSSR count). The van der Waals surface area contributed by atoms with Gasteiger partial charge in [0, 0.05) is 24.2 Å². The molecule has 1 aliphatic heterocycles. The normalized spacial score (nSPS) is 22.8. The van der Waals surface area contributed by atoms with Crippen LogP contribution in [-0.4, -0.2) is 34.1 Å². The van der Waals surface area contributed by atoms with Crippen LogP contribution in [0.1, 0.15) is 47.2 Å². The Labute approximate surface area is 143 Å². The third-order valence-corrected chi connectivity index (χ3v) is 5.90. The van der Waals surface area contributed by atoms with Crippen LogP contribution < -0.4 is 0 Å². The van der Waals surface area contributed by atoms with Crippen molar-refractivity contribution < 1.29 is 4.79 Å². The van der Waals surface area contributed by atoms with Gasteiger partial charge in [-0.05, 0) is 56.2 Å². The molecule has 2 aliphatic rings. The number of carbonyl (C=O) groups is 1. The predicted molar refractivity (Wildman–Crippen MR) is 94.0 cm³/mol. The molecule has 1 aromatic heterocycles. The van der Waals surface area contributed by atoms with Crippen LogP contribution in [0.3, 0.4) is 0 Å². The SMILES string of the molecule is Cc1ccc(C)c(CC(=O)N2CCCC3(CCc4cn[nH]c43)C2)c1. The second kappa shape index (κ2) is 5.76. The molecule has 1 atom stereocenters. The highest BCUT2D eigenvalue weighted by atomic mass is 16.2. The minimum atomic E-state index is 0.112. The minimum Gasteiger partial charge on any atom is -0.341 e. The Morgan fingerprint density at radius 3 is 3.08 bits per heavy atom. The number of likely N-dealkylation sites (tertiary alicyclic amines) is 1. The fourth-order valence-corrected chi connectivity index (χ4v) is 4.48. The van der Waals surface area contributed by atoms with Crippen molar-refractivity contribution in [2.75, 3.05) is 13.1 Å². The standard InChI is InChI=1S/C20H25N3O/c1-14-4-5-15(2)17(10-14)11-18(24)23-9-3-7-20(13-23)8-6-16-12-21-22-19(16)20/h4-5,10,12H,3,6-9,11,13H2,1-2H3,(H,21,22). The number of rotatable bonds is 2. The molecular formula is C20H25N3O. The number of aryl methyl sites for hydroxylation is 3. The molecule has 2 aromatic rings. The summed E-state index contributed by atoms with van der Waals surface area (Å²) in [6.45, 7) is 5.90. The Hall–Kier alpha value is -2.10. The van der Waals surface area contributed by atoms with Crippen LogP contribution in [-0.2, 0) is 23.1 Å². The maximum absolute atomic E-state index is 12.9. The molecule has 1 spiro atoms. The average molecular weight is 323 g/mol. The summed E-state index contributed by atoms with van der Waals surface area (Å²) < 4.78 is 0. The van der Waals surface area contributed by atoms with E-state index in [2.05, 4.69) is 47.1 Å². The topological polar surface area (TPSA) is 49.0 Å². The molecule has 4 nitrogen and oxygen atoms in total. The van der Waals surface area contributed by atoms with Crippen molar-refractivity contribution in [1.82, 2.24) is 15.1 Å². The predicted octanol–water partition coefficient (Wildman–Crippen LogP) is 3.08. The molecule has 0 radical (unpaired) electrons. The Balaban J connectivity index is 1.52. The van der Waals surface area contributed by atoms with Crippen molar-refractivity contribution in [3.05, 3.63) is 52.3 Å². The Morgan fingerprint density at radius 1 is 1.33 bits per heavy atom. The molecule has 1 aromatic carbocycles. The molecule has 1 fully saturated rings. The summed E-state index contributed by atoms with van der Waals surface area (Å²) in [6.07, 6.45) is 6.95. The molecule has 1 aliphatic carbocycles. The zero-order valence-electron chi connectivity index (χ0n) is 14.6. The number of nitrogens with one attached hydrogen (secondary N) is 1. The average Bonchev–Trinajstić information content (AvgIpc) is 3.16. The molecule has 2 heterocycles. The summed E-state index contributed by atoms with van der Waals surface area (Å²) >= 11 is 0. The van der Waals surface area contributed by atoms with Crippen LogP contribution in [0.25, 0.3) is 0 Å². The Kier molecular flexibility index (Phi) is 3.70. The fourth-order valence-electron chi connectivity index (χ4n) is 4.48. The lowest BCUT2D eigenvalue weighted by atomic mass is 9.77. The molecule has 1 amide bonds. The summed E-state index contributed by atoms with van der Waals surface area (Å²) in [5.74, 6) is 0.260. The van der Waals surface area contributed by atoms with Gasteiger partial charge in [-0.25, -0.2) is 0 Å². The van der Waals surface area contributed by atoms with E-state index in [9.17, 15) is 4.79 Å². The van der Waals surface area contributed by atoms with Crippen LogP contribution in [0.15, 0.2) is 24.4 Å². The largest absolute Gasteiger partial charge is 0.341 e. The first-order valence-electron chi connectivity index (χ1n) is 8.94. The third kappa shape index (κ3) is 2.54. The van der Waals surface area contributed by atoms with E-state index in [4.69, 9.17) is 0 Å². The van der Waals surface area contributed by atoms with Gasteiger partial charge < -0.3 is 4.90 Å². The maximum atomic E-state index is 12.9. The van der Waals surface area contributed by atoms with Gasteiger partial charge in [-0.1, -0.05) is 23.8 Å². The first-order chi connectivity index (χ1) is 11.6. The maximum Gasteiger partial charge on any atom is 0.227 e. The van der Waals surface area contributed by atoms with Crippen LogP contribution in [0.4, 0.5) is 0 Å². The third-order valence-electron chi connectivity index (χ3n) is 5.90. The fraction of sp³-hybridized carbons (Fsp3) is 0.500. The molecule has 1 N–H and O–H groups in total. The lowest BCUT2D eigenvalue weighted by Crippen LogP contribution is -2.48. The highest BCUT2D eigenvalue weighted by molar-refractivity contribution is 5.79. The molecule has 0 bridgehead atoms. The number of fused-ring (bicyclic) bond motifs is 2. The number of hydrogen-bond donors (Lipinski definition) is 1. The van der Waals surface area contributed by atoms with Crippen LogP contribution >= 0.6 is 0 Å². The van der Waals surface area contributed by atoms with E-state index in [-0.39, 0.29) is 11.3 Å². The lowest BCUT2D eigenvalue weighted by molar-refractivity contribution is -0.132. The van der Waals surface area contributed by atoms with Gasteiger partial charge in [0.15, 0.2) is 0 Å². The summed E-state index contributed by atoms with van der Waals surface area (Å²) in [5, 5.41) is 7.44. The van der Waals surface area contributed by atoms with Crippen molar-refractivity contribution in [3.8, 4) is 0 Å². The molecule has 24 heavy (non-hydrogen) atoms. The van der Waals surface area contributed by atoms with Crippen molar-refractivity contribution in [3.63, 3.8) is 0 Å². The van der Waals surface area contributed by atoms with Crippen molar-refractivity contribution in [2.24, 2.45) is 0 Å². The van der Waals surface area contributed by atoms with Crippen LogP contribution in [0, 0.1) is 13.8 Å². The number of aromatic amines is 1. The van der Waals surface area contributed by atoms with Crippen LogP contribution in [0.2, 0.25) is 0 Å². The van der Waals surface area contributed by atoms with E-state index in [0.29, 0.717) is 6.42 Å². The van der Waals surface area contributed by atoms with Gasteiger partial charge >= 0.3 is 0 Å². The lowest BCUT2D eigenvalue weighted by Gasteiger charge is -2.40. The van der Waals surface area contributed by atoms with Gasteiger partial charge in [-0.2, -0.15) is 5.10 Å². The highest BCUT2D eigenvalue weighted by Crippen LogP contribution is 2.43. The van der Waals surface area contributed by atoms with E-state index in [1.807, 2.05) is 6.20 Å². The van der Waals surface area contributed by atoms with Crippen molar-refractivity contribution >= 4 is 5.91 Å². The molecule has 1 saturated heterocycles. The number of hydrogen-bond acceptors (Lipinski definition) is 2. The van der Waals surface area contributed by atoms with Gasteiger partial charge in [0.25, 0.3) is 0 Å². The molecule has 126 valence electrons. The Bertz CT molecular complexity index is 779. The van der Waals surface area contributed by atoms with Crippen LogP contribution in [0.5, 0.6) is 0 Å². The number of carbonyl (C=O) groups excluding carboxylic acids is 1. The number of piperidine rings is 1. The zero-order chi connectivity index (χ0) is 16.7. The zero-order valence-corrected chi connectivity index (χ0v) is 14.6. The first-order valence-corrected chi connectivity index (χ1v) is 8.94. The summed E-state index contributed by atoms with van der Waals surface area (Å²) in [4.78, 5) is 15.0. The highest BCUT2D eigenvalue weighted by Gasteiger charge is 2.44. The first kappa shape index (κ1) is 15.4. The molecule has 1 unspecified atom stereocenters. The van der Waals surface area contributed by atoms with E-state index in [0.717, 1.165) is 44.3 Å². The number of amides is 1. The monoisotopic (exact) mass is 323 g/mol. The van der Waals surface area contributed by atoms with E-state index in [1.165, 1.54) is 22.4 Å². The Morgan fingerprint density at radius 2 is 2.21 bits per heavy atom. The van der Waals surface area contributed by atoms with Crippen molar-refractivity contribution in [2.45, 2.75) is 51.4 Å². The number of benzene rings is 1. The van der Waals surface area contributed by atoms with Gasteiger partial charge in [0.1, 0.15) is 0 Å². The summed E-state index contributed by atoms with van der Waals surface area (Å²) in [5.41, 5.74) is 6.33. The number of nitrogens with zero attached hydrogens (tertiary/aromatic N) is 2. The quantitative estimate of drug-likeness (QED) is 0.923. The van der Waals surface area contributed by atoms with Gasteiger partial charge in [0.2, 0.25) is 5.91 Å². The summed E-state index contributed by atoms with van der Waals surface area (Å²) in [6, 6.07) is 6.37. The van der Waals surface area contributed by atoms with Gasteiger partial charge in [-0.15, -0.1) is 0 Å². The minimum absolute atomic E-state index is 0.112. The number of aromatic nitrogens is 2. The molecule has 0 saturated carbocycles. The molecular weight excluding hydrogens is 298 g/mol. The smallest absolute Gasteiger partial charge is 0.227 e. The van der Waals surface area contributed by atoms with E-state index in [1.54, 1.807) is 0 Å². The summed E-state index contributed by atoms with van der Waals surface area (Å²) in [7, 11) is 0. The van der Waals surface area contributed by atoms with E-state index >= 15 is 0 Å². The number of H-pyrrole nitrogens is 1. The van der Waals surface area contributed by atoms with Gasteiger partial charge in [-0.3, -0.25) is 9.89 Å².